The van der Waals surface area contributed by atoms with Crippen molar-refractivity contribution in [2.45, 2.75) is 33.8 Å². The van der Waals surface area contributed by atoms with Gasteiger partial charge in [0.15, 0.2) is 6.10 Å². The Morgan fingerprint density at radius 3 is 2.08 bits per heavy atom. The van der Waals surface area contributed by atoms with Crippen LogP contribution < -0.4 is 0 Å². The van der Waals surface area contributed by atoms with E-state index in [4.69, 9.17) is 4.74 Å². The Bertz CT molecular complexity index is 186. The minimum atomic E-state index is -0.810. The largest absolute Gasteiger partial charge is 0.463 e. The molecule has 0 aliphatic rings. The van der Waals surface area contributed by atoms with Crippen LogP contribution in [0.2, 0.25) is 0 Å². The monoisotopic (exact) mass is 188 g/mol. The van der Waals surface area contributed by atoms with Crippen LogP contribution in [0.4, 0.5) is 0 Å². The Morgan fingerprint density at radius 2 is 1.69 bits per heavy atom. The molecule has 0 aliphatic carbocycles. The van der Waals surface area contributed by atoms with Gasteiger partial charge in [-0.25, -0.2) is 4.79 Å². The normalized spacial score (nSPS) is 12.4. The van der Waals surface area contributed by atoms with E-state index in [0.29, 0.717) is 6.61 Å². The van der Waals surface area contributed by atoms with Gasteiger partial charge in [-0.1, -0.05) is 13.8 Å². The molecule has 4 heteroatoms. The van der Waals surface area contributed by atoms with Crippen LogP contribution in [0.25, 0.3) is 0 Å². The molecule has 0 saturated carbocycles. The summed E-state index contributed by atoms with van der Waals surface area (Å²) in [4.78, 5) is 22.0. The van der Waals surface area contributed by atoms with Gasteiger partial charge in [0.1, 0.15) is 0 Å². The SMILES string of the molecule is CCOC(=O)C(C)OC(=O)C(C)C. The Morgan fingerprint density at radius 1 is 1.15 bits per heavy atom. The number of esters is 2. The zero-order valence-corrected chi connectivity index (χ0v) is 8.49. The molecule has 0 aromatic rings. The highest BCUT2D eigenvalue weighted by Crippen LogP contribution is 2.01. The molecular weight excluding hydrogens is 172 g/mol. The van der Waals surface area contributed by atoms with Crippen molar-refractivity contribution in [3.8, 4) is 0 Å². The second-order valence-electron chi connectivity index (χ2n) is 2.99. The lowest BCUT2D eigenvalue weighted by atomic mass is 10.2. The number of carbonyl (C=O) groups is 2. The van der Waals surface area contributed by atoms with Gasteiger partial charge in [0.2, 0.25) is 0 Å². The fourth-order valence-electron chi connectivity index (χ4n) is 0.618. The van der Waals surface area contributed by atoms with Crippen molar-refractivity contribution >= 4 is 11.9 Å². The molecule has 0 spiro atoms. The third-order valence-corrected chi connectivity index (χ3v) is 1.38. The van der Waals surface area contributed by atoms with E-state index in [1.54, 1.807) is 20.8 Å². The van der Waals surface area contributed by atoms with Gasteiger partial charge in [-0.2, -0.15) is 0 Å². The standard InChI is InChI=1S/C9H16O4/c1-5-12-9(11)7(4)13-8(10)6(2)3/h6-7H,5H2,1-4H3. The minimum absolute atomic E-state index is 0.225. The fraction of sp³-hybridized carbons (Fsp3) is 0.778. The smallest absolute Gasteiger partial charge is 0.347 e. The molecule has 0 bridgehead atoms. The van der Waals surface area contributed by atoms with E-state index in [0.717, 1.165) is 0 Å². The molecule has 4 nitrogen and oxygen atoms in total. The van der Waals surface area contributed by atoms with Crippen LogP contribution in [0.15, 0.2) is 0 Å². The molecule has 0 N–H and O–H groups in total. The summed E-state index contributed by atoms with van der Waals surface area (Å²) in [6.45, 7) is 6.91. The van der Waals surface area contributed by atoms with Crippen LogP contribution in [-0.2, 0) is 19.1 Å². The highest BCUT2D eigenvalue weighted by atomic mass is 16.6. The van der Waals surface area contributed by atoms with Crippen LogP contribution in [0, 0.1) is 5.92 Å². The number of carbonyl (C=O) groups excluding carboxylic acids is 2. The zero-order valence-electron chi connectivity index (χ0n) is 8.49. The van der Waals surface area contributed by atoms with Crippen molar-refractivity contribution in [1.82, 2.24) is 0 Å². The van der Waals surface area contributed by atoms with E-state index in [9.17, 15) is 9.59 Å². The molecule has 0 aromatic carbocycles. The summed E-state index contributed by atoms with van der Waals surface area (Å²) in [7, 11) is 0. The van der Waals surface area contributed by atoms with Gasteiger partial charge in [-0.05, 0) is 13.8 Å². The Balaban J connectivity index is 3.92. The van der Waals surface area contributed by atoms with Crippen molar-refractivity contribution < 1.29 is 19.1 Å². The van der Waals surface area contributed by atoms with Gasteiger partial charge in [0.05, 0.1) is 12.5 Å². The second-order valence-corrected chi connectivity index (χ2v) is 2.99. The van der Waals surface area contributed by atoms with E-state index in [2.05, 4.69) is 4.74 Å². The van der Waals surface area contributed by atoms with Crippen LogP contribution in [0.5, 0.6) is 0 Å². The van der Waals surface area contributed by atoms with Gasteiger partial charge in [0.25, 0.3) is 0 Å². The van der Waals surface area contributed by atoms with Crippen molar-refractivity contribution in [2.75, 3.05) is 6.61 Å². The topological polar surface area (TPSA) is 52.6 Å². The van der Waals surface area contributed by atoms with Crippen LogP contribution in [0.3, 0.4) is 0 Å². The molecule has 0 rings (SSSR count). The van der Waals surface area contributed by atoms with Gasteiger partial charge >= 0.3 is 11.9 Å². The van der Waals surface area contributed by atoms with E-state index in [1.165, 1.54) is 6.92 Å². The molecule has 1 unspecified atom stereocenters. The molecule has 0 aliphatic heterocycles. The molecule has 1 atom stereocenters. The Hall–Kier alpha value is -1.06. The number of hydrogen-bond acceptors (Lipinski definition) is 4. The summed E-state index contributed by atoms with van der Waals surface area (Å²) in [6, 6.07) is 0. The van der Waals surface area contributed by atoms with Gasteiger partial charge in [0, 0.05) is 0 Å². The van der Waals surface area contributed by atoms with E-state index < -0.39 is 12.1 Å². The van der Waals surface area contributed by atoms with Crippen LogP contribution in [-0.4, -0.2) is 24.6 Å². The van der Waals surface area contributed by atoms with Gasteiger partial charge in [-0.3, -0.25) is 4.79 Å². The second kappa shape index (κ2) is 5.56. The lowest BCUT2D eigenvalue weighted by molar-refractivity contribution is -0.168. The lowest BCUT2D eigenvalue weighted by Crippen LogP contribution is -2.28. The molecule has 0 amide bonds. The first-order chi connectivity index (χ1) is 5.99. The van der Waals surface area contributed by atoms with Gasteiger partial charge in [-0.15, -0.1) is 0 Å². The maximum Gasteiger partial charge on any atom is 0.347 e. The third kappa shape index (κ3) is 4.50. The van der Waals surface area contributed by atoms with Crippen molar-refractivity contribution in [3.05, 3.63) is 0 Å². The summed E-state index contributed by atoms with van der Waals surface area (Å²) in [5.41, 5.74) is 0. The van der Waals surface area contributed by atoms with E-state index in [-0.39, 0.29) is 11.9 Å². The molecule has 0 fully saturated rings. The predicted octanol–water partition coefficient (Wildman–Crippen LogP) is 1.14. The van der Waals surface area contributed by atoms with E-state index in [1.807, 2.05) is 0 Å². The molecule has 0 aromatic heterocycles. The third-order valence-electron chi connectivity index (χ3n) is 1.38. The average molecular weight is 188 g/mol. The molecule has 0 radical (unpaired) electrons. The first-order valence-corrected chi connectivity index (χ1v) is 4.36. The maximum atomic E-state index is 11.0. The maximum absolute atomic E-state index is 11.0. The molecular formula is C9H16O4. The molecule has 0 heterocycles. The fourth-order valence-corrected chi connectivity index (χ4v) is 0.618. The number of rotatable bonds is 4. The van der Waals surface area contributed by atoms with Crippen molar-refractivity contribution in [2.24, 2.45) is 5.92 Å². The first kappa shape index (κ1) is 11.9. The molecule has 76 valence electrons. The summed E-state index contributed by atoms with van der Waals surface area (Å²) in [6.07, 6.45) is -0.810. The van der Waals surface area contributed by atoms with Crippen LogP contribution >= 0.6 is 0 Å². The summed E-state index contributed by atoms with van der Waals surface area (Å²) < 4.78 is 9.48. The average Bonchev–Trinajstić information content (AvgIpc) is 2.04. The number of hydrogen-bond donors (Lipinski definition) is 0. The van der Waals surface area contributed by atoms with Crippen molar-refractivity contribution in [3.63, 3.8) is 0 Å². The van der Waals surface area contributed by atoms with E-state index >= 15 is 0 Å². The summed E-state index contributed by atoms with van der Waals surface area (Å²) in [5, 5.41) is 0. The molecule has 13 heavy (non-hydrogen) atoms. The molecule has 0 saturated heterocycles. The Labute approximate surface area is 78.2 Å². The lowest BCUT2D eigenvalue weighted by Gasteiger charge is -2.13. The summed E-state index contributed by atoms with van der Waals surface area (Å²) >= 11 is 0. The Kier molecular flexibility index (Phi) is 5.11. The predicted molar refractivity (Wildman–Crippen MR) is 47.0 cm³/mol. The minimum Gasteiger partial charge on any atom is -0.463 e. The number of ether oxygens (including phenoxy) is 2. The highest BCUT2D eigenvalue weighted by Gasteiger charge is 2.20. The van der Waals surface area contributed by atoms with Gasteiger partial charge < -0.3 is 9.47 Å². The first-order valence-electron chi connectivity index (χ1n) is 4.36. The zero-order chi connectivity index (χ0) is 10.4. The van der Waals surface area contributed by atoms with Crippen molar-refractivity contribution in [1.29, 1.82) is 0 Å². The highest BCUT2D eigenvalue weighted by molar-refractivity contribution is 5.79. The quantitative estimate of drug-likeness (QED) is 0.621. The summed E-state index contributed by atoms with van der Waals surface area (Å²) in [5.74, 6) is -1.12. The van der Waals surface area contributed by atoms with Crippen LogP contribution in [0.1, 0.15) is 27.7 Å².